The van der Waals surface area contributed by atoms with E-state index in [0.717, 1.165) is 13.0 Å². The molecule has 0 aromatic heterocycles. The van der Waals surface area contributed by atoms with Gasteiger partial charge in [0.15, 0.2) is 0 Å². The second kappa shape index (κ2) is 5.74. The summed E-state index contributed by atoms with van der Waals surface area (Å²) in [6, 6.07) is 4.88. The van der Waals surface area contributed by atoms with Gasteiger partial charge in [0.25, 0.3) is 0 Å². The summed E-state index contributed by atoms with van der Waals surface area (Å²) in [6.45, 7) is 5.04. The minimum Gasteiger partial charge on any atom is -0.368 e. The summed E-state index contributed by atoms with van der Waals surface area (Å²) in [5.74, 6) is 1.04. The quantitative estimate of drug-likeness (QED) is 0.799. The van der Waals surface area contributed by atoms with Gasteiger partial charge >= 0.3 is 6.18 Å². The van der Waals surface area contributed by atoms with E-state index in [1.54, 1.807) is 12.1 Å². The predicted octanol–water partition coefficient (Wildman–Crippen LogP) is 4.76. The maximum atomic E-state index is 13.5. The molecule has 1 heterocycles. The zero-order valence-corrected chi connectivity index (χ0v) is 13.5. The van der Waals surface area contributed by atoms with Crippen LogP contribution in [0.3, 0.4) is 0 Å². The number of hydrogen-bond acceptors (Lipinski definition) is 2. The fourth-order valence-electron chi connectivity index (χ4n) is 3.65. The molecule has 23 heavy (non-hydrogen) atoms. The number of hydrogen-bond donors (Lipinski definition) is 0. The lowest BCUT2D eigenvalue weighted by molar-refractivity contribution is -0.138. The third kappa shape index (κ3) is 3.17. The van der Waals surface area contributed by atoms with Crippen molar-refractivity contribution < 1.29 is 13.2 Å². The molecule has 1 atom stereocenters. The molecule has 0 spiro atoms. The van der Waals surface area contributed by atoms with Crippen LogP contribution < -0.4 is 4.90 Å². The molecule has 1 aromatic rings. The fourth-order valence-corrected chi connectivity index (χ4v) is 3.65. The minimum absolute atomic E-state index is 0.112. The van der Waals surface area contributed by atoms with Gasteiger partial charge in [-0.2, -0.15) is 18.4 Å². The molecule has 5 heteroatoms. The molecule has 1 saturated carbocycles. The first-order chi connectivity index (χ1) is 10.8. The summed E-state index contributed by atoms with van der Waals surface area (Å²) in [4.78, 5) is 2.17. The summed E-state index contributed by atoms with van der Waals surface area (Å²) >= 11 is 0. The van der Waals surface area contributed by atoms with Crippen LogP contribution in [0.5, 0.6) is 0 Å². The number of rotatable bonds is 4. The Morgan fingerprint density at radius 1 is 1.30 bits per heavy atom. The first-order valence-corrected chi connectivity index (χ1v) is 8.21. The highest BCUT2D eigenvalue weighted by molar-refractivity contribution is 5.66. The first-order valence-electron chi connectivity index (χ1n) is 8.21. The van der Waals surface area contributed by atoms with E-state index in [-0.39, 0.29) is 11.6 Å². The number of nitrogens with zero attached hydrogens (tertiary/aromatic N) is 2. The van der Waals surface area contributed by atoms with Crippen molar-refractivity contribution in [3.8, 4) is 6.07 Å². The maximum absolute atomic E-state index is 13.5. The molecule has 1 aromatic carbocycles. The number of fused-ring (bicyclic) bond motifs is 1. The van der Waals surface area contributed by atoms with E-state index in [9.17, 15) is 13.2 Å². The number of benzene rings is 1. The monoisotopic (exact) mass is 322 g/mol. The molecule has 1 aliphatic carbocycles. The molecular formula is C18H21F3N2. The van der Waals surface area contributed by atoms with Crippen molar-refractivity contribution in [2.45, 2.75) is 51.7 Å². The Labute approximate surface area is 134 Å². The van der Waals surface area contributed by atoms with Crippen LogP contribution in [0.4, 0.5) is 18.9 Å². The molecule has 3 rings (SSSR count). The third-order valence-electron chi connectivity index (χ3n) is 4.78. The molecule has 1 aliphatic heterocycles. The van der Waals surface area contributed by atoms with Crippen LogP contribution in [0, 0.1) is 23.2 Å². The average molecular weight is 322 g/mol. The number of anilines is 1. The van der Waals surface area contributed by atoms with Crippen LogP contribution in [0.25, 0.3) is 0 Å². The molecule has 0 bridgehead atoms. The van der Waals surface area contributed by atoms with E-state index in [2.05, 4.69) is 18.7 Å². The molecule has 0 saturated heterocycles. The van der Waals surface area contributed by atoms with Gasteiger partial charge in [0.05, 0.1) is 17.2 Å². The summed E-state index contributed by atoms with van der Waals surface area (Å²) in [5.41, 5.74) is 0.0362. The Kier molecular flexibility index (Phi) is 4.03. The van der Waals surface area contributed by atoms with Crippen LogP contribution >= 0.6 is 0 Å². The van der Waals surface area contributed by atoms with Gasteiger partial charge in [-0.25, -0.2) is 0 Å². The van der Waals surface area contributed by atoms with Gasteiger partial charge in [-0.05, 0) is 55.2 Å². The molecule has 0 amide bonds. The van der Waals surface area contributed by atoms with Gasteiger partial charge in [-0.15, -0.1) is 0 Å². The largest absolute Gasteiger partial charge is 0.418 e. The minimum atomic E-state index is -4.48. The SMILES string of the molecule is CC(C)CC1Cc2c(ccc(C#N)c2C(F)(F)F)N1CC1CC1. The van der Waals surface area contributed by atoms with Gasteiger partial charge in [0.1, 0.15) is 0 Å². The second-order valence-corrected chi connectivity index (χ2v) is 7.18. The maximum Gasteiger partial charge on any atom is 0.418 e. The fraction of sp³-hybridized carbons (Fsp3) is 0.611. The third-order valence-corrected chi connectivity index (χ3v) is 4.78. The lowest BCUT2D eigenvalue weighted by atomic mass is 9.95. The van der Waals surface area contributed by atoms with Gasteiger partial charge in [0, 0.05) is 18.3 Å². The molecular weight excluding hydrogens is 301 g/mol. The molecule has 2 aliphatic rings. The predicted molar refractivity (Wildman–Crippen MR) is 83.2 cm³/mol. The van der Waals surface area contributed by atoms with Crippen molar-refractivity contribution in [3.63, 3.8) is 0 Å². The molecule has 0 N–H and O–H groups in total. The Morgan fingerprint density at radius 3 is 2.52 bits per heavy atom. The standard InChI is InChI=1S/C18H21F3N2/c1-11(2)7-14-8-15-16(23(14)10-12-3-4-12)6-5-13(9-22)17(15)18(19,20)21/h5-6,11-12,14H,3-4,7-8,10H2,1-2H3. The van der Waals surface area contributed by atoms with Crippen LogP contribution in [-0.2, 0) is 12.6 Å². The molecule has 1 fully saturated rings. The van der Waals surface area contributed by atoms with Gasteiger partial charge in [-0.1, -0.05) is 13.8 Å². The van der Waals surface area contributed by atoms with E-state index in [1.807, 2.05) is 0 Å². The van der Waals surface area contributed by atoms with Gasteiger partial charge in [0.2, 0.25) is 0 Å². The highest BCUT2D eigenvalue weighted by atomic mass is 19.4. The summed E-state index contributed by atoms with van der Waals surface area (Å²) in [6.07, 6.45) is -0.870. The van der Waals surface area contributed by atoms with Crippen molar-refractivity contribution in [2.24, 2.45) is 11.8 Å². The Morgan fingerprint density at radius 2 is 2.00 bits per heavy atom. The van der Waals surface area contributed by atoms with E-state index in [4.69, 9.17) is 5.26 Å². The topological polar surface area (TPSA) is 27.0 Å². The van der Waals surface area contributed by atoms with Crippen molar-refractivity contribution in [2.75, 3.05) is 11.4 Å². The number of alkyl halides is 3. The van der Waals surface area contributed by atoms with Crippen molar-refractivity contribution in [1.29, 1.82) is 5.26 Å². The van der Waals surface area contributed by atoms with Crippen LogP contribution in [0.1, 0.15) is 49.8 Å². The zero-order chi connectivity index (χ0) is 16.8. The molecule has 1 unspecified atom stereocenters. The van der Waals surface area contributed by atoms with Crippen molar-refractivity contribution in [3.05, 3.63) is 28.8 Å². The molecule has 0 radical (unpaired) electrons. The van der Waals surface area contributed by atoms with Crippen molar-refractivity contribution in [1.82, 2.24) is 0 Å². The Balaban J connectivity index is 2.05. The Bertz CT molecular complexity index is 639. The van der Waals surface area contributed by atoms with Crippen molar-refractivity contribution >= 4 is 5.69 Å². The van der Waals surface area contributed by atoms with E-state index in [1.165, 1.54) is 18.9 Å². The number of halogens is 3. The Hall–Kier alpha value is -1.70. The smallest absolute Gasteiger partial charge is 0.368 e. The lowest BCUT2D eigenvalue weighted by Crippen LogP contribution is -2.34. The van der Waals surface area contributed by atoms with Gasteiger partial charge < -0.3 is 4.90 Å². The highest BCUT2D eigenvalue weighted by Crippen LogP contribution is 2.45. The van der Waals surface area contributed by atoms with Crippen LogP contribution in [0.2, 0.25) is 0 Å². The van der Waals surface area contributed by atoms with E-state index < -0.39 is 11.7 Å². The zero-order valence-electron chi connectivity index (χ0n) is 13.5. The van der Waals surface area contributed by atoms with E-state index >= 15 is 0 Å². The highest BCUT2D eigenvalue weighted by Gasteiger charge is 2.43. The van der Waals surface area contributed by atoms with Gasteiger partial charge in [-0.3, -0.25) is 0 Å². The van der Waals surface area contributed by atoms with Crippen LogP contribution in [-0.4, -0.2) is 12.6 Å². The summed E-state index contributed by atoms with van der Waals surface area (Å²) in [5, 5.41) is 9.08. The van der Waals surface area contributed by atoms with Crippen LogP contribution in [0.15, 0.2) is 12.1 Å². The normalized spacial score (nSPS) is 20.7. The summed E-state index contributed by atoms with van der Waals surface area (Å²) < 4.78 is 40.5. The average Bonchev–Trinajstić information content (AvgIpc) is 3.20. The second-order valence-electron chi connectivity index (χ2n) is 7.18. The van der Waals surface area contributed by atoms with E-state index in [0.29, 0.717) is 29.5 Å². The summed E-state index contributed by atoms with van der Waals surface area (Å²) in [7, 11) is 0. The number of nitriles is 1. The lowest BCUT2D eigenvalue weighted by Gasteiger charge is -2.29. The molecule has 2 nitrogen and oxygen atoms in total. The molecule has 124 valence electrons. The first kappa shape index (κ1) is 16.2.